The van der Waals surface area contributed by atoms with Gasteiger partial charge in [-0.2, -0.15) is 0 Å². The summed E-state index contributed by atoms with van der Waals surface area (Å²) in [6.07, 6.45) is 0.580. The minimum atomic E-state index is -3.61. The molecular formula is C11H22O4. The largest absolute Gasteiger partial charge is 0.463 e. The number of aliphatic hydroxyl groups is 2. The van der Waals surface area contributed by atoms with Gasteiger partial charge in [-0.25, -0.2) is 0 Å². The molecule has 1 unspecified atom stereocenters. The lowest BCUT2D eigenvalue weighted by atomic mass is 10.1. The number of rotatable bonds is 9. The van der Waals surface area contributed by atoms with Gasteiger partial charge in [0.05, 0.1) is 13.4 Å². The van der Waals surface area contributed by atoms with E-state index >= 15 is 0 Å². The van der Waals surface area contributed by atoms with Crippen molar-refractivity contribution in [2.75, 3.05) is 13.1 Å². The molecule has 0 saturated heterocycles. The Hall–Kier alpha value is -0.610. The Bertz CT molecular complexity index is 314. The first kappa shape index (κ1) is 7.63. The molecule has 1 atom stereocenters. The number of hydrogen-bond acceptors (Lipinski definition) is 4. The van der Waals surface area contributed by atoms with Crippen molar-refractivity contribution >= 4 is 5.97 Å². The van der Waals surface area contributed by atoms with Crippen LogP contribution in [0.2, 0.25) is 0 Å². The van der Waals surface area contributed by atoms with Gasteiger partial charge in [0.25, 0.3) is 0 Å². The molecule has 0 aromatic heterocycles. The van der Waals surface area contributed by atoms with E-state index < -0.39 is 25.2 Å². The van der Waals surface area contributed by atoms with Crippen LogP contribution in [0.15, 0.2) is 0 Å². The second-order valence-electron chi connectivity index (χ2n) is 3.20. The second kappa shape index (κ2) is 9.93. The van der Waals surface area contributed by atoms with Gasteiger partial charge in [-0.15, -0.1) is 0 Å². The van der Waals surface area contributed by atoms with Gasteiger partial charge < -0.3 is 14.9 Å². The van der Waals surface area contributed by atoms with E-state index in [0.29, 0.717) is 6.42 Å². The highest BCUT2D eigenvalue weighted by molar-refractivity contribution is 5.69. The molecule has 0 spiro atoms. The normalized spacial score (nSPS) is 21.4. The van der Waals surface area contributed by atoms with E-state index in [1.54, 1.807) is 0 Å². The summed E-state index contributed by atoms with van der Waals surface area (Å²) in [5.41, 5.74) is 0. The Morgan fingerprint density at radius 3 is 2.73 bits per heavy atom. The topological polar surface area (TPSA) is 66.8 Å². The highest BCUT2D eigenvalue weighted by Crippen LogP contribution is 2.05. The maximum Gasteiger partial charge on any atom is 0.305 e. The van der Waals surface area contributed by atoms with Gasteiger partial charge in [0.1, 0.15) is 12.6 Å². The monoisotopic (exact) mass is 223 g/mol. The molecule has 0 aromatic carbocycles. The van der Waals surface area contributed by atoms with Crippen LogP contribution in [0.1, 0.15) is 52.3 Å². The Balaban J connectivity index is 4.36. The molecule has 90 valence electrons. The first-order valence-corrected chi connectivity index (χ1v) is 5.12. The zero-order valence-corrected chi connectivity index (χ0v) is 8.95. The van der Waals surface area contributed by atoms with Crippen molar-refractivity contribution in [1.82, 2.24) is 0 Å². The molecule has 0 amide bonds. The fourth-order valence-electron chi connectivity index (χ4n) is 1.05. The fraction of sp³-hybridized carbons (Fsp3) is 0.909. The molecule has 0 aliphatic heterocycles. The van der Waals surface area contributed by atoms with Crippen LogP contribution in [0, 0.1) is 0 Å². The van der Waals surface area contributed by atoms with Crippen molar-refractivity contribution in [2.24, 2.45) is 0 Å². The minimum Gasteiger partial charge on any atom is -0.463 e. The second-order valence-corrected chi connectivity index (χ2v) is 3.20. The van der Waals surface area contributed by atoms with Gasteiger partial charge >= 0.3 is 5.97 Å². The molecule has 4 heteroatoms. The van der Waals surface area contributed by atoms with Gasteiger partial charge in [-0.3, -0.25) is 4.79 Å². The molecule has 2 N–H and O–H groups in total. The molecule has 0 aliphatic rings. The van der Waals surface area contributed by atoms with Crippen LogP contribution in [0.5, 0.6) is 0 Å². The molecule has 0 fully saturated rings. The van der Waals surface area contributed by atoms with Crippen LogP contribution >= 0.6 is 0 Å². The lowest BCUT2D eigenvalue weighted by molar-refractivity contribution is -0.147. The molecule has 0 aliphatic carbocycles. The molecule has 0 bridgehead atoms. The quantitative estimate of drug-likeness (QED) is 0.456. The SMILES string of the molecule is [2H]C([2H])(O)C([2H])(O)C([2H])([2H])OC(=O)CCCCCCC. The lowest BCUT2D eigenvalue weighted by Gasteiger charge is -2.08. The third-order valence-corrected chi connectivity index (χ3v) is 1.85. The fourth-order valence-corrected chi connectivity index (χ4v) is 1.05. The van der Waals surface area contributed by atoms with Crippen LogP contribution in [0.4, 0.5) is 0 Å². The summed E-state index contributed by atoms with van der Waals surface area (Å²) in [7, 11) is 0. The van der Waals surface area contributed by atoms with Crippen LogP contribution in [0.25, 0.3) is 0 Å². The van der Waals surface area contributed by atoms with Gasteiger partial charge in [0, 0.05) is 6.42 Å². The Morgan fingerprint density at radius 2 is 2.13 bits per heavy atom. The van der Waals surface area contributed by atoms with E-state index in [1.807, 2.05) is 6.92 Å². The number of esters is 1. The first-order valence-electron chi connectivity index (χ1n) is 7.62. The first-order chi connectivity index (χ1) is 8.95. The van der Waals surface area contributed by atoms with Crippen molar-refractivity contribution in [2.45, 2.75) is 51.5 Å². The Labute approximate surface area is 98.3 Å². The van der Waals surface area contributed by atoms with Gasteiger partial charge in [-0.1, -0.05) is 32.6 Å². The number of unbranched alkanes of at least 4 members (excludes halogenated alkanes) is 4. The smallest absolute Gasteiger partial charge is 0.305 e. The zero-order chi connectivity index (χ0) is 16.0. The molecule has 0 radical (unpaired) electrons. The van der Waals surface area contributed by atoms with Crippen molar-refractivity contribution in [3.05, 3.63) is 0 Å². The molecular weight excluding hydrogens is 196 g/mol. The maximum atomic E-state index is 11.4. The van der Waals surface area contributed by atoms with E-state index in [2.05, 4.69) is 4.74 Å². The number of carbonyl (C=O) groups is 1. The van der Waals surface area contributed by atoms with E-state index in [9.17, 15) is 9.90 Å². The molecule has 4 nitrogen and oxygen atoms in total. The van der Waals surface area contributed by atoms with E-state index in [-0.39, 0.29) is 6.42 Å². The van der Waals surface area contributed by atoms with Crippen molar-refractivity contribution in [3.63, 3.8) is 0 Å². The predicted molar refractivity (Wildman–Crippen MR) is 57.4 cm³/mol. The average Bonchev–Trinajstić information content (AvgIpc) is 2.26. The summed E-state index contributed by atoms with van der Waals surface area (Å²) < 4.78 is 39.5. The lowest BCUT2D eigenvalue weighted by Crippen LogP contribution is -2.21. The summed E-state index contributed by atoms with van der Waals surface area (Å²) >= 11 is 0. The Morgan fingerprint density at radius 1 is 1.47 bits per heavy atom. The number of hydrogen-bond donors (Lipinski definition) is 2. The van der Waals surface area contributed by atoms with Crippen molar-refractivity contribution in [1.29, 1.82) is 0 Å². The summed E-state index contributed by atoms with van der Waals surface area (Å²) in [6.45, 7) is -4.88. The van der Waals surface area contributed by atoms with Crippen LogP contribution < -0.4 is 0 Å². The molecule has 0 rings (SSSR count). The summed E-state index contributed by atoms with van der Waals surface area (Å²) in [6, 6.07) is 0. The molecule has 0 saturated carbocycles. The molecule has 0 aromatic rings. The summed E-state index contributed by atoms with van der Waals surface area (Å²) in [5.74, 6) is -0.985. The van der Waals surface area contributed by atoms with Crippen LogP contribution in [-0.4, -0.2) is 35.4 Å². The third kappa shape index (κ3) is 9.69. The van der Waals surface area contributed by atoms with Crippen LogP contribution in [-0.2, 0) is 9.53 Å². The predicted octanol–water partition coefficient (Wildman–Crippen LogP) is 1.24. The van der Waals surface area contributed by atoms with Crippen molar-refractivity contribution < 1.29 is 26.6 Å². The van der Waals surface area contributed by atoms with Gasteiger partial charge in [-0.05, 0) is 6.42 Å². The van der Waals surface area contributed by atoms with E-state index in [4.69, 9.17) is 12.0 Å². The molecule has 0 heterocycles. The van der Waals surface area contributed by atoms with Crippen LogP contribution in [0.3, 0.4) is 0 Å². The number of carbonyl (C=O) groups excluding carboxylic acids is 1. The summed E-state index contributed by atoms with van der Waals surface area (Å²) in [4.78, 5) is 11.4. The average molecular weight is 223 g/mol. The highest BCUT2D eigenvalue weighted by atomic mass is 16.5. The van der Waals surface area contributed by atoms with Gasteiger partial charge in [0.15, 0.2) is 0 Å². The Kier molecular flexibility index (Phi) is 5.05. The standard InChI is InChI=1S/C11H22O4/c1-2-3-4-5-6-7-11(14)15-9-10(13)8-12/h10,12-13H,2-9H2,1H3/i8D2,9D2,10D. The van der Waals surface area contributed by atoms with Gasteiger partial charge in [0.2, 0.25) is 0 Å². The number of ether oxygens (including phenoxy) is 1. The maximum absolute atomic E-state index is 11.4. The van der Waals surface area contributed by atoms with E-state index in [1.165, 1.54) is 0 Å². The highest BCUT2D eigenvalue weighted by Gasteiger charge is 2.06. The summed E-state index contributed by atoms with van der Waals surface area (Å²) in [5, 5.41) is 18.3. The third-order valence-electron chi connectivity index (χ3n) is 1.85. The van der Waals surface area contributed by atoms with E-state index in [0.717, 1.165) is 25.7 Å². The molecule has 15 heavy (non-hydrogen) atoms. The zero-order valence-electron chi connectivity index (χ0n) is 14.0. The minimum absolute atomic E-state index is 0.0896. The van der Waals surface area contributed by atoms with Crippen molar-refractivity contribution in [3.8, 4) is 0 Å².